The van der Waals surface area contributed by atoms with E-state index >= 15 is 0 Å². The van der Waals surface area contributed by atoms with Crippen LogP contribution in [0, 0.1) is 5.92 Å². The molecule has 0 aromatic heterocycles. The first-order valence-corrected chi connectivity index (χ1v) is 10.9. The molecule has 0 spiro atoms. The van der Waals surface area contributed by atoms with Crippen LogP contribution >= 0.6 is 0 Å². The van der Waals surface area contributed by atoms with Crippen molar-refractivity contribution in [3.05, 3.63) is 29.3 Å². The summed E-state index contributed by atoms with van der Waals surface area (Å²) in [5.41, 5.74) is 8.18. The van der Waals surface area contributed by atoms with E-state index in [9.17, 15) is 13.2 Å². The summed E-state index contributed by atoms with van der Waals surface area (Å²) in [4.78, 5) is 13.8. The van der Waals surface area contributed by atoms with Crippen molar-refractivity contribution in [2.45, 2.75) is 50.5 Å². The average Bonchev–Trinajstić information content (AvgIpc) is 2.83. The van der Waals surface area contributed by atoms with Crippen LogP contribution in [0.2, 0.25) is 0 Å². The van der Waals surface area contributed by atoms with Gasteiger partial charge in [0.1, 0.15) is 0 Å². The molecular weight excluding hydrogens is 350 g/mol. The van der Waals surface area contributed by atoms with Crippen LogP contribution in [-0.2, 0) is 27.7 Å². The second kappa shape index (κ2) is 7.66. The van der Waals surface area contributed by atoms with Crippen molar-refractivity contribution in [3.8, 4) is 0 Å². The van der Waals surface area contributed by atoms with E-state index in [1.54, 1.807) is 17.3 Å². The number of piperidine rings is 1. The Bertz CT molecular complexity index is 776. The molecule has 1 aromatic carbocycles. The number of fused-ring (bicyclic) bond motifs is 1. The molecule has 7 heteroatoms. The smallest absolute Gasteiger partial charge is 0.243 e. The van der Waals surface area contributed by atoms with Crippen LogP contribution in [0.25, 0.3) is 0 Å². The molecule has 3 rings (SSSR count). The van der Waals surface area contributed by atoms with Gasteiger partial charge in [-0.05, 0) is 61.8 Å². The van der Waals surface area contributed by atoms with Gasteiger partial charge >= 0.3 is 0 Å². The molecular formula is C19H29N3O3S. The summed E-state index contributed by atoms with van der Waals surface area (Å²) in [5.74, 6) is 0.282. The molecule has 2 aliphatic rings. The molecule has 1 amide bonds. The number of carbonyl (C=O) groups is 1. The number of amides is 1. The number of carbonyl (C=O) groups excluding carboxylic acids is 1. The lowest BCUT2D eigenvalue weighted by Gasteiger charge is -2.33. The first-order valence-electron chi connectivity index (χ1n) is 9.42. The molecule has 1 saturated heterocycles. The van der Waals surface area contributed by atoms with Gasteiger partial charge in [0.25, 0.3) is 0 Å². The summed E-state index contributed by atoms with van der Waals surface area (Å²) in [5, 5.41) is 0. The Balaban J connectivity index is 1.83. The molecule has 6 nitrogen and oxygen atoms in total. The van der Waals surface area contributed by atoms with E-state index in [2.05, 4.69) is 0 Å². The Labute approximate surface area is 156 Å². The SMILES string of the molecule is CC(=O)N1CCc2ccc(S(=O)(=O)N3CCCC(C(C)N)C3)cc2CC1. The first kappa shape index (κ1) is 19.3. The lowest BCUT2D eigenvalue weighted by molar-refractivity contribution is -0.128. The van der Waals surface area contributed by atoms with Crippen molar-refractivity contribution < 1.29 is 13.2 Å². The molecule has 2 heterocycles. The summed E-state index contributed by atoms with van der Waals surface area (Å²) >= 11 is 0. The maximum Gasteiger partial charge on any atom is 0.243 e. The molecule has 0 saturated carbocycles. The third kappa shape index (κ3) is 3.94. The van der Waals surface area contributed by atoms with Crippen molar-refractivity contribution in [2.24, 2.45) is 11.7 Å². The Morgan fingerprint density at radius 1 is 1.19 bits per heavy atom. The minimum absolute atomic E-state index is 0.00221. The number of rotatable bonds is 3. The zero-order chi connectivity index (χ0) is 18.9. The van der Waals surface area contributed by atoms with Gasteiger partial charge in [0.05, 0.1) is 4.90 Å². The van der Waals surface area contributed by atoms with E-state index < -0.39 is 10.0 Å². The number of nitrogens with two attached hydrogens (primary N) is 1. The van der Waals surface area contributed by atoms with Gasteiger partial charge in [0.15, 0.2) is 0 Å². The van der Waals surface area contributed by atoms with Gasteiger partial charge in [-0.2, -0.15) is 4.31 Å². The van der Waals surface area contributed by atoms with Crippen LogP contribution in [0.15, 0.2) is 23.1 Å². The fraction of sp³-hybridized carbons (Fsp3) is 0.632. The third-order valence-corrected chi connectivity index (χ3v) is 7.59. The fourth-order valence-corrected chi connectivity index (χ4v) is 5.53. The van der Waals surface area contributed by atoms with Crippen LogP contribution in [0.1, 0.15) is 37.8 Å². The van der Waals surface area contributed by atoms with Crippen LogP contribution in [0.3, 0.4) is 0 Å². The van der Waals surface area contributed by atoms with Gasteiger partial charge in [0, 0.05) is 39.1 Å². The highest BCUT2D eigenvalue weighted by molar-refractivity contribution is 7.89. The summed E-state index contributed by atoms with van der Waals surface area (Å²) in [7, 11) is -3.51. The molecule has 26 heavy (non-hydrogen) atoms. The normalized spacial score (nSPS) is 23.2. The monoisotopic (exact) mass is 379 g/mol. The minimum atomic E-state index is -3.51. The van der Waals surface area contributed by atoms with Crippen molar-refractivity contribution in [1.29, 1.82) is 0 Å². The lowest BCUT2D eigenvalue weighted by atomic mass is 9.93. The maximum atomic E-state index is 13.1. The van der Waals surface area contributed by atoms with Gasteiger partial charge < -0.3 is 10.6 Å². The largest absolute Gasteiger partial charge is 0.342 e. The molecule has 2 aliphatic heterocycles. The van der Waals surface area contributed by atoms with E-state index in [-0.39, 0.29) is 17.9 Å². The number of hydrogen-bond donors (Lipinski definition) is 1. The second-order valence-electron chi connectivity index (χ2n) is 7.56. The molecule has 0 radical (unpaired) electrons. The van der Waals surface area contributed by atoms with E-state index in [1.807, 2.05) is 24.0 Å². The molecule has 0 aliphatic carbocycles. The minimum Gasteiger partial charge on any atom is -0.342 e. The summed E-state index contributed by atoms with van der Waals surface area (Å²) in [6, 6.07) is 5.44. The molecule has 0 bridgehead atoms. The zero-order valence-corrected chi connectivity index (χ0v) is 16.5. The van der Waals surface area contributed by atoms with Gasteiger partial charge in [-0.3, -0.25) is 4.79 Å². The number of benzene rings is 1. The number of nitrogens with zero attached hydrogens (tertiary/aromatic N) is 2. The van der Waals surface area contributed by atoms with Crippen molar-refractivity contribution in [3.63, 3.8) is 0 Å². The zero-order valence-electron chi connectivity index (χ0n) is 15.6. The van der Waals surface area contributed by atoms with Gasteiger partial charge in [-0.25, -0.2) is 8.42 Å². The predicted octanol–water partition coefficient (Wildman–Crippen LogP) is 1.38. The van der Waals surface area contributed by atoms with Crippen LogP contribution in [-0.4, -0.2) is 55.8 Å². The second-order valence-corrected chi connectivity index (χ2v) is 9.50. The number of hydrogen-bond acceptors (Lipinski definition) is 4. The lowest BCUT2D eigenvalue weighted by Crippen LogP contribution is -2.44. The maximum absolute atomic E-state index is 13.1. The van der Waals surface area contributed by atoms with Crippen molar-refractivity contribution in [2.75, 3.05) is 26.2 Å². The summed E-state index contributed by atoms with van der Waals surface area (Å²) in [6.45, 7) is 5.91. The topological polar surface area (TPSA) is 83.7 Å². The summed E-state index contributed by atoms with van der Waals surface area (Å²) in [6.07, 6.45) is 3.30. The van der Waals surface area contributed by atoms with Crippen molar-refractivity contribution >= 4 is 15.9 Å². The third-order valence-electron chi connectivity index (χ3n) is 5.73. The van der Waals surface area contributed by atoms with Gasteiger partial charge in [0.2, 0.25) is 15.9 Å². The first-order chi connectivity index (χ1) is 12.3. The van der Waals surface area contributed by atoms with Crippen LogP contribution < -0.4 is 5.73 Å². The van der Waals surface area contributed by atoms with Crippen LogP contribution in [0.5, 0.6) is 0 Å². The molecule has 2 atom stereocenters. The molecule has 144 valence electrons. The molecule has 1 fully saturated rings. The van der Waals surface area contributed by atoms with E-state index in [0.717, 1.165) is 30.4 Å². The Kier molecular flexibility index (Phi) is 5.69. The van der Waals surface area contributed by atoms with E-state index in [1.165, 1.54) is 0 Å². The Morgan fingerprint density at radius 3 is 2.54 bits per heavy atom. The standard InChI is InChI=1S/C19H29N3O3S/c1-14(20)18-4-3-9-22(13-18)26(24,25)19-6-5-16-7-10-21(15(2)23)11-8-17(16)12-19/h5-6,12,14,18H,3-4,7-11,13,20H2,1-2H3. The highest BCUT2D eigenvalue weighted by Gasteiger charge is 2.32. The van der Waals surface area contributed by atoms with Gasteiger partial charge in [-0.1, -0.05) is 6.07 Å². The molecule has 2 N–H and O–H groups in total. The highest BCUT2D eigenvalue weighted by Crippen LogP contribution is 2.27. The van der Waals surface area contributed by atoms with E-state index in [0.29, 0.717) is 37.5 Å². The molecule has 1 aromatic rings. The average molecular weight is 380 g/mol. The van der Waals surface area contributed by atoms with Crippen molar-refractivity contribution in [1.82, 2.24) is 9.21 Å². The molecule has 2 unspecified atom stereocenters. The van der Waals surface area contributed by atoms with Gasteiger partial charge in [-0.15, -0.1) is 0 Å². The summed E-state index contributed by atoms with van der Waals surface area (Å²) < 4.78 is 27.8. The van der Waals surface area contributed by atoms with Crippen LogP contribution in [0.4, 0.5) is 0 Å². The quantitative estimate of drug-likeness (QED) is 0.860. The Hall–Kier alpha value is -1.44. The predicted molar refractivity (Wildman–Crippen MR) is 101 cm³/mol. The number of sulfonamides is 1. The van der Waals surface area contributed by atoms with E-state index in [4.69, 9.17) is 5.73 Å². The fourth-order valence-electron chi connectivity index (χ4n) is 3.95. The highest BCUT2D eigenvalue weighted by atomic mass is 32.2. The Morgan fingerprint density at radius 2 is 1.88 bits per heavy atom.